The van der Waals surface area contributed by atoms with Gasteiger partial charge in [0.05, 0.1) is 6.54 Å². The molecule has 1 fully saturated rings. The third-order valence-electron chi connectivity index (χ3n) is 3.92. The van der Waals surface area contributed by atoms with Gasteiger partial charge in [0.1, 0.15) is 5.60 Å². The van der Waals surface area contributed by atoms with Crippen LogP contribution in [0.4, 0.5) is 5.69 Å². The van der Waals surface area contributed by atoms with Gasteiger partial charge in [0.15, 0.2) is 0 Å². The first kappa shape index (κ1) is 13.1. The third-order valence-corrected chi connectivity index (χ3v) is 3.92. The third kappa shape index (κ3) is 2.41. The molecule has 1 N–H and O–H groups in total. The molecule has 1 aliphatic rings. The molecule has 20 heavy (non-hydrogen) atoms. The van der Waals surface area contributed by atoms with Crippen molar-refractivity contribution in [2.24, 2.45) is 0 Å². The van der Waals surface area contributed by atoms with Crippen molar-refractivity contribution in [3.8, 4) is 0 Å². The van der Waals surface area contributed by atoms with Crippen molar-refractivity contribution >= 4 is 5.69 Å². The molecule has 0 amide bonds. The lowest BCUT2D eigenvalue weighted by Crippen LogP contribution is -2.37. The average Bonchev–Trinajstić information content (AvgIpc) is 2.87. The number of ether oxygens (including phenoxy) is 1. The van der Waals surface area contributed by atoms with Crippen LogP contribution < -0.4 is 5.32 Å². The van der Waals surface area contributed by atoms with Gasteiger partial charge in [-0.3, -0.25) is 0 Å². The lowest BCUT2D eigenvalue weighted by molar-refractivity contribution is -0.0858. The number of anilines is 1. The highest BCUT2D eigenvalue weighted by Crippen LogP contribution is 2.42. The van der Waals surface area contributed by atoms with Crippen LogP contribution >= 0.6 is 0 Å². The summed E-state index contributed by atoms with van der Waals surface area (Å²) in [5.74, 6) is 1.26. The summed E-state index contributed by atoms with van der Waals surface area (Å²) in [6.45, 7) is 2.59. The Labute approximate surface area is 118 Å². The van der Waals surface area contributed by atoms with Crippen LogP contribution in [0.25, 0.3) is 0 Å². The van der Waals surface area contributed by atoms with Gasteiger partial charge in [0.25, 0.3) is 0 Å². The van der Waals surface area contributed by atoms with Crippen molar-refractivity contribution < 1.29 is 9.26 Å². The molecule has 2 aromatic rings. The number of nitrogens with zero attached hydrogens (tertiary/aromatic N) is 2. The predicted octanol–water partition coefficient (Wildman–Crippen LogP) is 3.02. The van der Waals surface area contributed by atoms with Gasteiger partial charge in [-0.15, -0.1) is 0 Å². The molecule has 0 aliphatic heterocycles. The van der Waals surface area contributed by atoms with Gasteiger partial charge in [-0.2, -0.15) is 4.98 Å². The highest BCUT2D eigenvalue weighted by Gasteiger charge is 2.43. The molecule has 0 spiro atoms. The van der Waals surface area contributed by atoms with E-state index in [-0.39, 0.29) is 5.60 Å². The SMILES string of the molecule is COC1(c2noc(CNc3ccc(C)cc3)n2)CCC1. The van der Waals surface area contributed by atoms with Crippen LogP contribution in [0.1, 0.15) is 36.5 Å². The van der Waals surface area contributed by atoms with E-state index in [0.717, 1.165) is 24.9 Å². The molecule has 1 aliphatic carbocycles. The van der Waals surface area contributed by atoms with E-state index in [1.165, 1.54) is 5.56 Å². The lowest BCUT2D eigenvalue weighted by Gasteiger charge is -2.37. The van der Waals surface area contributed by atoms with Crippen LogP contribution in [-0.2, 0) is 16.9 Å². The molecular formula is C15H19N3O2. The Morgan fingerprint density at radius 3 is 2.65 bits per heavy atom. The summed E-state index contributed by atoms with van der Waals surface area (Å²) in [4.78, 5) is 4.44. The van der Waals surface area contributed by atoms with E-state index >= 15 is 0 Å². The normalized spacial score (nSPS) is 16.7. The molecular weight excluding hydrogens is 254 g/mol. The molecule has 0 radical (unpaired) electrons. The summed E-state index contributed by atoms with van der Waals surface area (Å²) in [6.07, 6.45) is 3.08. The zero-order valence-electron chi connectivity index (χ0n) is 11.8. The minimum atomic E-state index is -0.314. The largest absolute Gasteiger partial charge is 0.376 e. The number of rotatable bonds is 5. The van der Waals surface area contributed by atoms with E-state index in [4.69, 9.17) is 9.26 Å². The standard InChI is InChI=1S/C15H19N3O2/c1-11-4-6-12(7-5-11)16-10-13-17-14(18-20-13)15(19-2)8-3-9-15/h4-7,16H,3,8-10H2,1-2H3. The summed E-state index contributed by atoms with van der Waals surface area (Å²) in [6, 6.07) is 8.20. The highest BCUT2D eigenvalue weighted by atomic mass is 16.5. The summed E-state index contributed by atoms with van der Waals surface area (Å²) in [5, 5.41) is 7.33. The highest BCUT2D eigenvalue weighted by molar-refractivity contribution is 5.44. The summed E-state index contributed by atoms with van der Waals surface area (Å²) in [5.41, 5.74) is 1.97. The second kappa shape index (κ2) is 5.25. The fraction of sp³-hybridized carbons (Fsp3) is 0.467. The van der Waals surface area contributed by atoms with Crippen LogP contribution in [0, 0.1) is 6.92 Å². The van der Waals surface area contributed by atoms with Crippen LogP contribution in [0.5, 0.6) is 0 Å². The molecule has 0 unspecified atom stereocenters. The number of hydrogen-bond donors (Lipinski definition) is 1. The van der Waals surface area contributed by atoms with E-state index in [0.29, 0.717) is 18.3 Å². The second-order valence-corrected chi connectivity index (χ2v) is 5.28. The van der Waals surface area contributed by atoms with Crippen molar-refractivity contribution in [3.05, 3.63) is 41.5 Å². The van der Waals surface area contributed by atoms with Crippen molar-refractivity contribution in [2.75, 3.05) is 12.4 Å². The first-order valence-corrected chi connectivity index (χ1v) is 6.91. The Bertz CT molecular complexity index is 568. The van der Waals surface area contributed by atoms with Crippen molar-refractivity contribution in [1.82, 2.24) is 10.1 Å². The fourth-order valence-corrected chi connectivity index (χ4v) is 2.38. The number of benzene rings is 1. The Balaban J connectivity index is 1.64. The Morgan fingerprint density at radius 2 is 2.05 bits per heavy atom. The fourth-order valence-electron chi connectivity index (χ4n) is 2.38. The number of hydrogen-bond acceptors (Lipinski definition) is 5. The van der Waals surface area contributed by atoms with Gasteiger partial charge in [-0.1, -0.05) is 22.9 Å². The topological polar surface area (TPSA) is 60.2 Å². The van der Waals surface area contributed by atoms with Crippen molar-refractivity contribution in [2.45, 2.75) is 38.3 Å². The molecule has 0 saturated heterocycles. The Morgan fingerprint density at radius 1 is 1.30 bits per heavy atom. The van der Waals surface area contributed by atoms with E-state index < -0.39 is 0 Å². The molecule has 1 heterocycles. The zero-order chi connectivity index (χ0) is 14.0. The first-order valence-electron chi connectivity index (χ1n) is 6.91. The molecule has 1 aromatic heterocycles. The quantitative estimate of drug-likeness (QED) is 0.907. The van der Waals surface area contributed by atoms with Gasteiger partial charge < -0.3 is 14.6 Å². The minimum Gasteiger partial charge on any atom is -0.376 e. The number of methoxy groups -OCH3 is 1. The Hall–Kier alpha value is -1.88. The van der Waals surface area contributed by atoms with Crippen molar-refractivity contribution in [1.29, 1.82) is 0 Å². The van der Waals surface area contributed by atoms with Crippen molar-refractivity contribution in [3.63, 3.8) is 0 Å². The molecule has 5 heteroatoms. The monoisotopic (exact) mass is 273 g/mol. The number of aryl methyl sites for hydroxylation is 1. The molecule has 1 saturated carbocycles. The maximum atomic E-state index is 5.54. The van der Waals surface area contributed by atoms with E-state index in [9.17, 15) is 0 Å². The molecule has 3 rings (SSSR count). The number of nitrogens with one attached hydrogen (secondary N) is 1. The van der Waals surface area contributed by atoms with E-state index in [2.05, 4.69) is 34.5 Å². The minimum absolute atomic E-state index is 0.314. The molecule has 106 valence electrons. The summed E-state index contributed by atoms with van der Waals surface area (Å²) < 4.78 is 10.8. The van der Waals surface area contributed by atoms with Crippen LogP contribution in [-0.4, -0.2) is 17.3 Å². The summed E-state index contributed by atoms with van der Waals surface area (Å²) in [7, 11) is 1.71. The first-order chi connectivity index (χ1) is 9.72. The van der Waals surface area contributed by atoms with Gasteiger partial charge in [0, 0.05) is 12.8 Å². The van der Waals surface area contributed by atoms with Gasteiger partial charge in [-0.25, -0.2) is 0 Å². The van der Waals surface area contributed by atoms with Crippen LogP contribution in [0.2, 0.25) is 0 Å². The van der Waals surface area contributed by atoms with E-state index in [1.54, 1.807) is 7.11 Å². The average molecular weight is 273 g/mol. The molecule has 0 atom stereocenters. The maximum Gasteiger partial charge on any atom is 0.246 e. The van der Waals surface area contributed by atoms with E-state index in [1.807, 2.05) is 12.1 Å². The predicted molar refractivity (Wildman–Crippen MR) is 75.3 cm³/mol. The van der Waals surface area contributed by atoms with Gasteiger partial charge >= 0.3 is 0 Å². The van der Waals surface area contributed by atoms with Crippen LogP contribution in [0.15, 0.2) is 28.8 Å². The number of aromatic nitrogens is 2. The van der Waals surface area contributed by atoms with Crippen LogP contribution in [0.3, 0.4) is 0 Å². The smallest absolute Gasteiger partial charge is 0.246 e. The molecule has 1 aromatic carbocycles. The second-order valence-electron chi connectivity index (χ2n) is 5.28. The molecule has 0 bridgehead atoms. The lowest BCUT2D eigenvalue weighted by atomic mass is 9.79. The van der Waals surface area contributed by atoms with Gasteiger partial charge in [-0.05, 0) is 38.3 Å². The molecule has 5 nitrogen and oxygen atoms in total. The Kier molecular flexibility index (Phi) is 3.44. The summed E-state index contributed by atoms with van der Waals surface area (Å²) >= 11 is 0. The van der Waals surface area contributed by atoms with Gasteiger partial charge in [0.2, 0.25) is 11.7 Å². The maximum absolute atomic E-state index is 5.54. The zero-order valence-corrected chi connectivity index (χ0v) is 11.8.